The largest absolute Gasteiger partial charge is 0.507 e. The summed E-state index contributed by atoms with van der Waals surface area (Å²) in [6.45, 7) is 9.61. The number of ether oxygens (including phenoxy) is 1. The summed E-state index contributed by atoms with van der Waals surface area (Å²) in [5.74, 6) is -0.0818. The number of rotatable bonds is 2. The third kappa shape index (κ3) is 5.07. The van der Waals surface area contributed by atoms with Crippen molar-refractivity contribution in [1.82, 2.24) is 14.9 Å². The van der Waals surface area contributed by atoms with Gasteiger partial charge in [-0.3, -0.25) is 0 Å². The fourth-order valence-corrected chi connectivity index (χ4v) is 4.39. The fraction of sp³-hybridized carbons (Fsp3) is 0.423. The molecule has 33 heavy (non-hydrogen) atoms. The predicted octanol–water partition coefficient (Wildman–Crippen LogP) is 5.68. The van der Waals surface area contributed by atoms with Crippen molar-refractivity contribution in [3.05, 3.63) is 53.2 Å². The SMILES string of the molecule is Cc1cc(C)c(-c2ccc3ccc(C4CC(F)CN(C(=O)OC(C)(C)C)C4)nc3n2)c(O)c1. The van der Waals surface area contributed by atoms with Crippen LogP contribution in [0.5, 0.6) is 5.75 Å². The van der Waals surface area contributed by atoms with E-state index in [2.05, 4.69) is 0 Å². The highest BCUT2D eigenvalue weighted by Gasteiger charge is 2.34. The molecular formula is C26H30FN3O3. The number of phenols is 1. The number of carbonyl (C=O) groups excluding carboxylic acids is 1. The van der Waals surface area contributed by atoms with Crippen molar-refractivity contribution < 1.29 is 19.0 Å². The number of alkyl halides is 1. The lowest BCUT2D eigenvalue weighted by Crippen LogP contribution is -2.46. The van der Waals surface area contributed by atoms with Crippen LogP contribution >= 0.6 is 0 Å². The number of aromatic nitrogens is 2. The Labute approximate surface area is 193 Å². The number of nitrogens with zero attached hydrogens (tertiary/aromatic N) is 3. The average Bonchev–Trinajstić information content (AvgIpc) is 2.71. The lowest BCUT2D eigenvalue weighted by Gasteiger charge is -2.35. The first-order chi connectivity index (χ1) is 15.5. The smallest absolute Gasteiger partial charge is 0.410 e. The minimum Gasteiger partial charge on any atom is -0.507 e. The van der Waals surface area contributed by atoms with Gasteiger partial charge in [0.25, 0.3) is 0 Å². The molecule has 2 aromatic heterocycles. The van der Waals surface area contributed by atoms with E-state index in [4.69, 9.17) is 14.7 Å². The van der Waals surface area contributed by atoms with E-state index in [1.165, 1.54) is 4.90 Å². The van der Waals surface area contributed by atoms with Gasteiger partial charge in [0, 0.05) is 29.1 Å². The Morgan fingerprint density at radius 3 is 2.55 bits per heavy atom. The quantitative estimate of drug-likeness (QED) is 0.542. The third-order valence-corrected chi connectivity index (χ3v) is 5.76. The summed E-state index contributed by atoms with van der Waals surface area (Å²) in [5.41, 5.74) is 3.77. The van der Waals surface area contributed by atoms with Crippen LogP contribution in [0.4, 0.5) is 9.18 Å². The van der Waals surface area contributed by atoms with Gasteiger partial charge in [0.2, 0.25) is 0 Å². The number of piperidine rings is 1. The summed E-state index contributed by atoms with van der Waals surface area (Å²) >= 11 is 0. The predicted molar refractivity (Wildman–Crippen MR) is 126 cm³/mol. The van der Waals surface area contributed by atoms with E-state index >= 15 is 0 Å². The molecule has 0 spiro atoms. The molecular weight excluding hydrogens is 421 g/mol. The zero-order chi connectivity index (χ0) is 23.9. The number of amides is 1. The molecule has 4 rings (SSSR count). The molecule has 1 amide bonds. The Hall–Kier alpha value is -3.22. The monoisotopic (exact) mass is 451 g/mol. The number of phenolic OH excluding ortho intramolecular Hbond substituents is 1. The first-order valence-electron chi connectivity index (χ1n) is 11.2. The van der Waals surface area contributed by atoms with Crippen molar-refractivity contribution >= 4 is 17.1 Å². The molecule has 1 N–H and O–H groups in total. The minimum absolute atomic E-state index is 0.0212. The van der Waals surface area contributed by atoms with Gasteiger partial charge >= 0.3 is 6.09 Å². The molecule has 1 aliphatic rings. The molecule has 1 aromatic carbocycles. The first kappa shape index (κ1) is 23.0. The molecule has 6 nitrogen and oxygen atoms in total. The van der Waals surface area contributed by atoms with Crippen molar-refractivity contribution in [3.63, 3.8) is 0 Å². The van der Waals surface area contributed by atoms with Crippen LogP contribution in [0.1, 0.15) is 49.9 Å². The number of fused-ring (bicyclic) bond motifs is 1. The molecule has 2 unspecified atom stereocenters. The molecule has 0 radical (unpaired) electrons. The minimum atomic E-state index is -1.15. The first-order valence-corrected chi connectivity index (χ1v) is 11.2. The molecule has 1 fully saturated rings. The molecule has 3 heterocycles. The number of hydrogen-bond donors (Lipinski definition) is 1. The summed E-state index contributed by atoms with van der Waals surface area (Å²) < 4.78 is 20.0. The van der Waals surface area contributed by atoms with Gasteiger partial charge in [-0.15, -0.1) is 0 Å². The molecule has 1 aliphatic heterocycles. The van der Waals surface area contributed by atoms with E-state index < -0.39 is 17.9 Å². The Balaban J connectivity index is 1.65. The zero-order valence-corrected chi connectivity index (χ0v) is 19.7. The fourth-order valence-electron chi connectivity index (χ4n) is 4.39. The highest BCUT2D eigenvalue weighted by atomic mass is 19.1. The van der Waals surface area contributed by atoms with Crippen LogP contribution in [0, 0.1) is 13.8 Å². The van der Waals surface area contributed by atoms with E-state index in [1.807, 2.05) is 44.2 Å². The Bertz CT molecular complexity index is 1180. The maximum atomic E-state index is 14.6. The van der Waals surface area contributed by atoms with Gasteiger partial charge in [0.05, 0.1) is 12.2 Å². The second-order valence-electron chi connectivity index (χ2n) is 9.87. The molecule has 2 atom stereocenters. The summed E-state index contributed by atoms with van der Waals surface area (Å²) in [6, 6.07) is 11.3. The van der Waals surface area contributed by atoms with Gasteiger partial charge in [-0.2, -0.15) is 0 Å². The molecule has 3 aromatic rings. The molecule has 0 aliphatic carbocycles. The number of likely N-dealkylation sites (tertiary alicyclic amines) is 1. The summed E-state index contributed by atoms with van der Waals surface area (Å²) in [6.07, 6.45) is -1.38. The summed E-state index contributed by atoms with van der Waals surface area (Å²) in [4.78, 5) is 23.4. The van der Waals surface area contributed by atoms with Crippen LogP contribution in [-0.4, -0.2) is 50.9 Å². The van der Waals surface area contributed by atoms with Crippen LogP contribution in [0.15, 0.2) is 36.4 Å². The van der Waals surface area contributed by atoms with Crippen LogP contribution in [-0.2, 0) is 4.74 Å². The number of aromatic hydroxyl groups is 1. The normalized spacial score (nSPS) is 19.0. The van der Waals surface area contributed by atoms with Gasteiger partial charge in [0.15, 0.2) is 5.65 Å². The Morgan fingerprint density at radius 2 is 1.85 bits per heavy atom. The van der Waals surface area contributed by atoms with Crippen molar-refractivity contribution in [1.29, 1.82) is 0 Å². The zero-order valence-electron chi connectivity index (χ0n) is 19.7. The van der Waals surface area contributed by atoms with Gasteiger partial charge in [0.1, 0.15) is 17.5 Å². The molecule has 0 saturated carbocycles. The standard InChI is InChI=1S/C26H30FN3O3/c1-15-10-16(2)23(22(31)11-15)21-9-7-17-6-8-20(28-24(17)29-21)18-12-19(27)14-30(13-18)25(32)33-26(3,4)5/h6-11,18-19,31H,12-14H2,1-5H3. The van der Waals surface area contributed by atoms with Gasteiger partial charge in [-0.1, -0.05) is 6.07 Å². The van der Waals surface area contributed by atoms with Crippen molar-refractivity contribution in [2.24, 2.45) is 0 Å². The number of halogens is 1. The highest BCUT2D eigenvalue weighted by molar-refractivity contribution is 5.81. The number of pyridine rings is 2. The van der Waals surface area contributed by atoms with Gasteiger partial charge in [-0.25, -0.2) is 19.2 Å². The van der Waals surface area contributed by atoms with Crippen LogP contribution in [0.3, 0.4) is 0 Å². The number of aryl methyl sites for hydroxylation is 2. The Morgan fingerprint density at radius 1 is 1.12 bits per heavy atom. The van der Waals surface area contributed by atoms with Crippen LogP contribution in [0.2, 0.25) is 0 Å². The second kappa shape index (κ2) is 8.61. The average molecular weight is 452 g/mol. The Kier molecular flexibility index (Phi) is 5.99. The number of hydrogen-bond acceptors (Lipinski definition) is 5. The molecule has 7 heteroatoms. The molecule has 0 bridgehead atoms. The van der Waals surface area contributed by atoms with Crippen LogP contribution in [0.25, 0.3) is 22.3 Å². The summed E-state index contributed by atoms with van der Waals surface area (Å²) in [5, 5.41) is 11.3. The third-order valence-electron chi connectivity index (χ3n) is 5.76. The lowest BCUT2D eigenvalue weighted by atomic mass is 9.93. The summed E-state index contributed by atoms with van der Waals surface area (Å²) in [7, 11) is 0. The van der Waals surface area contributed by atoms with E-state index in [9.17, 15) is 14.3 Å². The van der Waals surface area contributed by atoms with E-state index in [0.717, 1.165) is 16.5 Å². The second-order valence-corrected chi connectivity index (χ2v) is 9.87. The maximum Gasteiger partial charge on any atom is 0.410 e. The van der Waals surface area contributed by atoms with Gasteiger partial charge in [-0.05, 0) is 82.5 Å². The molecule has 1 saturated heterocycles. The number of carbonyl (C=O) groups is 1. The van der Waals surface area contributed by atoms with E-state index in [0.29, 0.717) is 29.1 Å². The van der Waals surface area contributed by atoms with Crippen LogP contribution < -0.4 is 0 Å². The topological polar surface area (TPSA) is 75.6 Å². The van der Waals surface area contributed by atoms with E-state index in [-0.39, 0.29) is 24.6 Å². The lowest BCUT2D eigenvalue weighted by molar-refractivity contribution is 0.0109. The number of benzene rings is 1. The van der Waals surface area contributed by atoms with E-state index in [1.54, 1.807) is 26.8 Å². The van der Waals surface area contributed by atoms with Crippen molar-refractivity contribution in [2.45, 2.75) is 58.7 Å². The highest BCUT2D eigenvalue weighted by Crippen LogP contribution is 2.34. The molecule has 174 valence electrons. The van der Waals surface area contributed by atoms with Crippen molar-refractivity contribution in [2.75, 3.05) is 13.1 Å². The van der Waals surface area contributed by atoms with Gasteiger partial charge < -0.3 is 14.7 Å². The van der Waals surface area contributed by atoms with Crippen molar-refractivity contribution in [3.8, 4) is 17.0 Å². The maximum absolute atomic E-state index is 14.6.